The van der Waals surface area contributed by atoms with E-state index in [2.05, 4.69) is 27.7 Å². The van der Waals surface area contributed by atoms with Crippen LogP contribution in [0.5, 0.6) is 17.2 Å². The van der Waals surface area contributed by atoms with Crippen molar-refractivity contribution in [2.45, 2.75) is 44.8 Å². The fraction of sp³-hybridized carbons (Fsp3) is 0.302. The third-order valence-electron chi connectivity index (χ3n) is 11.2. The zero-order valence-electron chi connectivity index (χ0n) is 31.3. The van der Waals surface area contributed by atoms with Gasteiger partial charge in [-0.1, -0.05) is 42.5 Å². The Morgan fingerprint density at radius 1 is 0.807 bits per heavy atom. The number of fused-ring (bicyclic) bond motifs is 3. The molecule has 2 N–H and O–H groups in total. The van der Waals surface area contributed by atoms with Crippen LogP contribution in [0.4, 0.5) is 11.4 Å². The third-order valence-corrected chi connectivity index (χ3v) is 11.7. The number of carbonyl (C=O) groups excluding carboxylic acids is 2. The molecule has 1 saturated heterocycles. The molecular formula is C43H43N4O9P. The number of amides is 2. The molecule has 0 unspecified atom stereocenters. The number of morpholine rings is 1. The molecule has 1 fully saturated rings. The lowest BCUT2D eigenvalue weighted by atomic mass is 9.92. The largest absolute Gasteiger partial charge is 0.524 e. The van der Waals surface area contributed by atoms with Crippen molar-refractivity contribution in [3.8, 4) is 28.5 Å². The molecule has 4 aliphatic rings. The summed E-state index contributed by atoms with van der Waals surface area (Å²) in [6, 6.07) is 29.1. The van der Waals surface area contributed by atoms with Crippen LogP contribution in [0.3, 0.4) is 0 Å². The van der Waals surface area contributed by atoms with Crippen LogP contribution in [0.25, 0.3) is 11.3 Å². The van der Waals surface area contributed by atoms with Crippen LogP contribution in [0.15, 0.2) is 97.1 Å². The van der Waals surface area contributed by atoms with E-state index in [-0.39, 0.29) is 30.4 Å². The molecule has 5 heterocycles. The molecule has 13 nitrogen and oxygen atoms in total. The number of hydrogen-bond acceptors (Lipinski definition) is 8. The van der Waals surface area contributed by atoms with Gasteiger partial charge in [-0.25, -0.2) is 4.57 Å². The molecule has 5 aromatic rings. The minimum atomic E-state index is -4.78. The number of ether oxygens (including phenoxy) is 3. The van der Waals surface area contributed by atoms with Crippen molar-refractivity contribution in [1.29, 1.82) is 0 Å². The monoisotopic (exact) mass is 790 g/mol. The second-order valence-corrected chi connectivity index (χ2v) is 15.9. The number of phosphoric acid groups is 1. The maximum Gasteiger partial charge on any atom is 0.524 e. The molecule has 1 atom stereocenters. The number of phosphoric ester groups is 1. The molecule has 9 rings (SSSR count). The quantitative estimate of drug-likeness (QED) is 0.158. The summed E-state index contributed by atoms with van der Waals surface area (Å²) in [7, 11) is -4.78. The van der Waals surface area contributed by atoms with Crippen molar-refractivity contribution in [3.63, 3.8) is 0 Å². The highest BCUT2D eigenvalue weighted by molar-refractivity contribution is 7.46. The van der Waals surface area contributed by atoms with Crippen LogP contribution in [-0.4, -0.2) is 81.7 Å². The first-order valence-electron chi connectivity index (χ1n) is 19.3. The molecular weight excluding hydrogens is 747 g/mol. The summed E-state index contributed by atoms with van der Waals surface area (Å²) in [4.78, 5) is 54.9. The van der Waals surface area contributed by atoms with E-state index in [4.69, 9.17) is 18.7 Å². The number of aromatic nitrogens is 1. The minimum Gasteiger partial charge on any atom is -0.454 e. The number of hydrogen-bond donors (Lipinski definition) is 2. The standard InChI is InChI=1S/C43H43N4O9P/c48-42(46-26-30-9-5-4-8-29(30)22-33(46)27-44-18-20-53-21-19-44)36-25-41-40(54-28-55-41)24-35(36)39-23-37(38-12-6-7-17-45(38)39)43(49)47(31-10-2-1-3-11-31)32-13-15-34(16-14-32)56-57(50,51)52/h1-5,8-11,13-16,23-25,33H,6-7,12,17-22,26-28H2,(H2,50,51,52)/t33-/m1/s1. The molecule has 57 heavy (non-hydrogen) atoms. The second-order valence-electron chi connectivity index (χ2n) is 14.8. The maximum atomic E-state index is 15.2. The average molecular weight is 791 g/mol. The summed E-state index contributed by atoms with van der Waals surface area (Å²) >= 11 is 0. The number of benzene rings is 4. The lowest BCUT2D eigenvalue weighted by Crippen LogP contribution is -2.52. The minimum absolute atomic E-state index is 0.0274. The van der Waals surface area contributed by atoms with Gasteiger partial charge in [0.05, 0.1) is 24.3 Å². The normalized spacial score (nSPS) is 17.8. The molecule has 2 amide bonds. The van der Waals surface area contributed by atoms with Gasteiger partial charge in [-0.2, -0.15) is 0 Å². The van der Waals surface area contributed by atoms with Crippen molar-refractivity contribution in [1.82, 2.24) is 14.4 Å². The van der Waals surface area contributed by atoms with E-state index < -0.39 is 7.82 Å². The molecule has 0 bridgehead atoms. The molecule has 0 saturated carbocycles. The van der Waals surface area contributed by atoms with Gasteiger partial charge in [0.15, 0.2) is 11.5 Å². The fourth-order valence-corrected chi connectivity index (χ4v) is 8.91. The van der Waals surface area contributed by atoms with Gasteiger partial charge in [-0.05, 0) is 91.4 Å². The van der Waals surface area contributed by atoms with Gasteiger partial charge in [0.1, 0.15) is 5.75 Å². The fourth-order valence-electron chi connectivity index (χ4n) is 8.51. The number of nitrogens with zero attached hydrogens (tertiary/aromatic N) is 4. The molecule has 0 aliphatic carbocycles. The van der Waals surface area contributed by atoms with Crippen LogP contribution in [0, 0.1) is 0 Å². The highest BCUT2D eigenvalue weighted by Crippen LogP contribution is 2.43. The Bertz CT molecular complexity index is 2350. The number of anilines is 2. The topological polar surface area (TPSA) is 143 Å². The SMILES string of the molecule is O=C(c1cc(-c2cc3c(cc2C(=O)N2Cc4ccccc4C[C@@H]2CN2CCOCC2)OCO3)n2c1CCCC2)N(c1ccccc1)c1ccc(OP(=O)(O)O)cc1. The Labute approximate surface area is 330 Å². The summed E-state index contributed by atoms with van der Waals surface area (Å²) in [6.45, 7) is 4.87. The maximum absolute atomic E-state index is 15.2. The van der Waals surface area contributed by atoms with Gasteiger partial charge in [0.25, 0.3) is 11.8 Å². The van der Waals surface area contributed by atoms with Crippen LogP contribution < -0.4 is 18.9 Å². The summed E-state index contributed by atoms with van der Waals surface area (Å²) in [5.74, 6) is 0.624. The first kappa shape index (κ1) is 37.2. The Kier molecular flexibility index (Phi) is 10.1. The van der Waals surface area contributed by atoms with E-state index >= 15 is 9.59 Å². The van der Waals surface area contributed by atoms with Gasteiger partial charge in [0.2, 0.25) is 6.79 Å². The van der Waals surface area contributed by atoms with Crippen molar-refractivity contribution in [2.75, 3.05) is 44.5 Å². The van der Waals surface area contributed by atoms with Crippen molar-refractivity contribution in [2.24, 2.45) is 0 Å². The lowest BCUT2D eigenvalue weighted by Gasteiger charge is -2.40. The van der Waals surface area contributed by atoms with E-state index in [0.717, 1.165) is 55.8 Å². The van der Waals surface area contributed by atoms with Crippen LogP contribution in [-0.2, 0) is 35.2 Å². The smallest absolute Gasteiger partial charge is 0.454 e. The highest BCUT2D eigenvalue weighted by atomic mass is 31.2. The van der Waals surface area contributed by atoms with Crippen LogP contribution in [0.1, 0.15) is 50.4 Å². The number of carbonyl (C=O) groups is 2. The Morgan fingerprint density at radius 3 is 2.26 bits per heavy atom. The zero-order chi connectivity index (χ0) is 39.1. The molecule has 1 aromatic heterocycles. The predicted molar refractivity (Wildman–Crippen MR) is 212 cm³/mol. The second kappa shape index (κ2) is 15.5. The van der Waals surface area contributed by atoms with E-state index in [1.165, 1.54) is 17.7 Å². The van der Waals surface area contributed by atoms with Crippen molar-refractivity contribution >= 4 is 31.0 Å². The van der Waals surface area contributed by atoms with Crippen LogP contribution in [0.2, 0.25) is 0 Å². The first-order valence-corrected chi connectivity index (χ1v) is 20.8. The van der Waals surface area contributed by atoms with Gasteiger partial charge in [-0.15, -0.1) is 0 Å². The van der Waals surface area contributed by atoms with E-state index in [1.807, 2.05) is 53.4 Å². The Morgan fingerprint density at radius 2 is 1.51 bits per heavy atom. The average Bonchev–Trinajstić information content (AvgIpc) is 3.85. The van der Waals surface area contributed by atoms with Gasteiger partial charge < -0.3 is 28.2 Å². The number of para-hydroxylation sites is 1. The summed E-state index contributed by atoms with van der Waals surface area (Å²) in [6.07, 6.45) is 3.20. The number of rotatable bonds is 9. The molecule has 0 radical (unpaired) electrons. The van der Waals surface area contributed by atoms with E-state index in [9.17, 15) is 14.4 Å². The van der Waals surface area contributed by atoms with E-state index in [1.54, 1.807) is 23.1 Å². The van der Waals surface area contributed by atoms with Crippen molar-refractivity contribution < 1.29 is 42.7 Å². The predicted octanol–water partition coefficient (Wildman–Crippen LogP) is 6.57. The van der Waals surface area contributed by atoms with Crippen molar-refractivity contribution in [3.05, 3.63) is 125 Å². The third kappa shape index (κ3) is 7.57. The Hall–Kier alpha value is -5.43. The summed E-state index contributed by atoms with van der Waals surface area (Å²) in [5.41, 5.74) is 6.74. The molecule has 14 heteroatoms. The van der Waals surface area contributed by atoms with Gasteiger partial charge >= 0.3 is 7.82 Å². The molecule has 294 valence electrons. The zero-order valence-corrected chi connectivity index (χ0v) is 32.2. The summed E-state index contributed by atoms with van der Waals surface area (Å²) < 4.78 is 35.9. The van der Waals surface area contributed by atoms with Gasteiger partial charge in [-0.3, -0.25) is 29.2 Å². The molecule has 4 aliphatic heterocycles. The highest BCUT2D eigenvalue weighted by Gasteiger charge is 2.36. The molecule has 4 aromatic carbocycles. The molecule has 0 spiro atoms. The Balaban J connectivity index is 1.13. The lowest BCUT2D eigenvalue weighted by molar-refractivity contribution is 0.0193. The van der Waals surface area contributed by atoms with Gasteiger partial charge in [0, 0.05) is 67.1 Å². The first-order chi connectivity index (χ1) is 27.7. The summed E-state index contributed by atoms with van der Waals surface area (Å²) in [5, 5.41) is 0. The van der Waals surface area contributed by atoms with Crippen LogP contribution >= 0.6 is 7.82 Å². The van der Waals surface area contributed by atoms with E-state index in [0.29, 0.717) is 72.3 Å².